The molecule has 46 heavy (non-hydrogen) atoms. The zero-order chi connectivity index (χ0) is 35.2. The smallest absolute Gasteiger partial charge is 0.303 e. The van der Waals surface area contributed by atoms with Gasteiger partial charge in [-0.3, -0.25) is 38.4 Å². The lowest BCUT2D eigenvalue weighted by molar-refractivity contribution is -0.376. The van der Waals surface area contributed by atoms with Gasteiger partial charge in [-0.25, -0.2) is 0 Å². The third-order valence-corrected chi connectivity index (χ3v) is 8.43. The Labute approximate surface area is 263 Å². The SMILES string of the molecule is CC(=O)OC[C@]12[C@H](OC(C)=O)C(=O)[C@@H]3[C@@H](OC(C)=O)[C@]1(O[C@@]3(C)COC(C)=O)[C@@](C)(O)[C@@H](OC(C)=O)[C@H](OC(C)=O)[C@@H]2OC(C)=O. The number of aliphatic hydroxyl groups is 1. The molecular formula is C29H38O17. The number of ether oxygens (including phenoxy) is 8. The maximum absolute atomic E-state index is 14.7. The Hall–Kier alpha value is -4.12. The van der Waals surface area contributed by atoms with Crippen molar-refractivity contribution >= 4 is 47.6 Å². The van der Waals surface area contributed by atoms with Crippen LogP contribution in [0, 0.1) is 11.3 Å². The molecule has 0 amide bonds. The number of hydrogen-bond acceptors (Lipinski definition) is 17. The summed E-state index contributed by atoms with van der Waals surface area (Å²) in [6.07, 6.45) is -10.1. The van der Waals surface area contributed by atoms with Crippen molar-refractivity contribution in [2.24, 2.45) is 11.3 Å². The van der Waals surface area contributed by atoms with Gasteiger partial charge < -0.3 is 43.0 Å². The number of rotatable bonds is 9. The molecule has 1 spiro atoms. The van der Waals surface area contributed by atoms with Crippen LogP contribution in [-0.2, 0) is 76.3 Å². The lowest BCUT2D eigenvalue weighted by Crippen LogP contribution is -2.88. The van der Waals surface area contributed by atoms with Gasteiger partial charge in [-0.2, -0.15) is 0 Å². The van der Waals surface area contributed by atoms with Gasteiger partial charge in [0.1, 0.15) is 35.9 Å². The normalized spacial score (nSPS) is 37.6. The summed E-state index contributed by atoms with van der Waals surface area (Å²) < 4.78 is 45.2. The first kappa shape index (κ1) is 36.3. The third-order valence-electron chi connectivity index (χ3n) is 8.43. The molecule has 256 valence electrons. The van der Waals surface area contributed by atoms with E-state index in [-0.39, 0.29) is 0 Å². The second-order valence-corrected chi connectivity index (χ2v) is 11.9. The molecule has 3 rings (SSSR count). The summed E-state index contributed by atoms with van der Waals surface area (Å²) in [4.78, 5) is 102. The van der Waals surface area contributed by atoms with Crippen molar-refractivity contribution in [1.29, 1.82) is 0 Å². The predicted molar refractivity (Wildman–Crippen MR) is 145 cm³/mol. The van der Waals surface area contributed by atoms with Crippen LogP contribution in [0.5, 0.6) is 0 Å². The Morgan fingerprint density at radius 3 is 1.52 bits per heavy atom. The minimum Gasteiger partial charge on any atom is -0.465 e. The van der Waals surface area contributed by atoms with Gasteiger partial charge in [0.15, 0.2) is 35.8 Å². The van der Waals surface area contributed by atoms with Crippen molar-refractivity contribution in [2.75, 3.05) is 13.2 Å². The van der Waals surface area contributed by atoms with Gasteiger partial charge in [0.25, 0.3) is 0 Å². The highest BCUT2D eigenvalue weighted by Crippen LogP contribution is 2.68. The second-order valence-electron chi connectivity index (χ2n) is 11.9. The molecule has 0 aromatic rings. The van der Waals surface area contributed by atoms with Gasteiger partial charge in [0, 0.05) is 48.5 Å². The molecule has 10 atom stereocenters. The number of hydrogen-bond donors (Lipinski definition) is 1. The average molecular weight is 659 g/mol. The predicted octanol–water partition coefficient (Wildman–Crippen LogP) is -0.751. The Kier molecular flexibility index (Phi) is 9.94. The summed E-state index contributed by atoms with van der Waals surface area (Å²) in [7, 11) is 0. The highest BCUT2D eigenvalue weighted by molar-refractivity contribution is 5.93. The average Bonchev–Trinajstić information content (AvgIpc) is 3.11. The highest BCUT2D eigenvalue weighted by atomic mass is 16.7. The van der Waals surface area contributed by atoms with Crippen LogP contribution in [0.3, 0.4) is 0 Å². The molecule has 2 aliphatic carbocycles. The molecule has 0 radical (unpaired) electrons. The second kappa shape index (κ2) is 12.6. The highest BCUT2D eigenvalue weighted by Gasteiger charge is 2.91. The van der Waals surface area contributed by atoms with Gasteiger partial charge in [0.05, 0.1) is 5.92 Å². The van der Waals surface area contributed by atoms with Crippen LogP contribution in [0.15, 0.2) is 0 Å². The summed E-state index contributed by atoms with van der Waals surface area (Å²) in [6, 6.07) is 0. The molecule has 17 nitrogen and oxygen atoms in total. The number of fused-ring (bicyclic) bond motifs is 1. The molecular weight excluding hydrogens is 620 g/mol. The van der Waals surface area contributed by atoms with E-state index in [0.717, 1.165) is 55.4 Å². The summed E-state index contributed by atoms with van der Waals surface area (Å²) in [5.74, 6) is -9.75. The first-order chi connectivity index (χ1) is 21.1. The fourth-order valence-corrected chi connectivity index (χ4v) is 7.21. The van der Waals surface area contributed by atoms with E-state index < -0.39 is 119 Å². The molecule has 3 aliphatic rings. The Bertz CT molecular complexity index is 1340. The monoisotopic (exact) mass is 658 g/mol. The van der Waals surface area contributed by atoms with Gasteiger partial charge >= 0.3 is 41.8 Å². The maximum atomic E-state index is 14.7. The quantitative estimate of drug-likeness (QED) is 0.237. The maximum Gasteiger partial charge on any atom is 0.303 e. The largest absolute Gasteiger partial charge is 0.465 e. The lowest BCUT2D eigenvalue weighted by Gasteiger charge is -2.66. The van der Waals surface area contributed by atoms with Crippen LogP contribution in [0.1, 0.15) is 62.3 Å². The van der Waals surface area contributed by atoms with Crippen LogP contribution in [0.25, 0.3) is 0 Å². The van der Waals surface area contributed by atoms with Crippen molar-refractivity contribution in [2.45, 2.75) is 110 Å². The van der Waals surface area contributed by atoms with Crippen LogP contribution >= 0.6 is 0 Å². The zero-order valence-corrected chi connectivity index (χ0v) is 26.9. The summed E-state index contributed by atoms with van der Waals surface area (Å²) in [5, 5.41) is 12.7. The molecule has 3 fully saturated rings. The molecule has 2 saturated carbocycles. The van der Waals surface area contributed by atoms with Gasteiger partial charge in [0.2, 0.25) is 0 Å². The number of carbonyl (C=O) groups excluding carboxylic acids is 8. The van der Waals surface area contributed by atoms with Crippen molar-refractivity contribution in [3.05, 3.63) is 0 Å². The molecule has 0 aromatic heterocycles. The minimum atomic E-state index is -2.75. The van der Waals surface area contributed by atoms with E-state index in [1.54, 1.807) is 0 Å². The number of Topliss-reactive ketones (excluding diaryl/α,β-unsaturated/α-hetero) is 1. The van der Waals surface area contributed by atoms with Gasteiger partial charge in [-0.05, 0) is 13.8 Å². The van der Waals surface area contributed by atoms with E-state index in [2.05, 4.69) is 0 Å². The van der Waals surface area contributed by atoms with E-state index in [0.29, 0.717) is 0 Å². The molecule has 1 N–H and O–H groups in total. The number of ketones is 1. The summed E-state index contributed by atoms with van der Waals surface area (Å²) >= 11 is 0. The molecule has 1 saturated heterocycles. The van der Waals surface area contributed by atoms with Crippen LogP contribution < -0.4 is 0 Å². The number of carbonyl (C=O) groups is 8. The van der Waals surface area contributed by atoms with Gasteiger partial charge in [-0.1, -0.05) is 0 Å². The fourth-order valence-electron chi connectivity index (χ4n) is 7.21. The van der Waals surface area contributed by atoms with E-state index in [1.165, 1.54) is 6.92 Å². The van der Waals surface area contributed by atoms with E-state index in [9.17, 15) is 43.5 Å². The van der Waals surface area contributed by atoms with Crippen molar-refractivity contribution in [1.82, 2.24) is 0 Å². The minimum absolute atomic E-state index is 0.700. The molecule has 0 aromatic carbocycles. The topological polar surface area (TPSA) is 231 Å². The van der Waals surface area contributed by atoms with E-state index in [1.807, 2.05) is 0 Å². The van der Waals surface area contributed by atoms with Crippen LogP contribution in [-0.4, -0.2) is 113 Å². The summed E-state index contributed by atoms with van der Waals surface area (Å²) in [5.41, 5.74) is -10.1. The zero-order valence-electron chi connectivity index (χ0n) is 26.9. The van der Waals surface area contributed by atoms with Crippen molar-refractivity contribution in [3.63, 3.8) is 0 Å². The Morgan fingerprint density at radius 2 is 1.07 bits per heavy atom. The standard InChI is InChI=1S/C29H38O17/c1-12(30)39-10-26(8)19-20(37)23(43-16(5)34)28(11-40-13(2)31)25(45-18(7)36)21(41-14(3)32)24(44-17(6)35)27(9,38)29(28,46-26)22(19)42-15(4)33/h19,21-25,38H,10-11H2,1-9H3/t19-,21+,22-,23-,24+,25+,26+,27+,28-,29+/m1/s1. The lowest BCUT2D eigenvalue weighted by atomic mass is 9.45. The van der Waals surface area contributed by atoms with Gasteiger partial charge in [-0.15, -0.1) is 0 Å². The van der Waals surface area contributed by atoms with E-state index >= 15 is 0 Å². The van der Waals surface area contributed by atoms with Crippen LogP contribution in [0.2, 0.25) is 0 Å². The Balaban J connectivity index is 2.65. The molecule has 1 heterocycles. The van der Waals surface area contributed by atoms with Crippen molar-refractivity contribution < 1.29 is 81.4 Å². The fraction of sp³-hybridized carbons (Fsp3) is 0.724. The number of esters is 7. The Morgan fingerprint density at radius 1 is 0.630 bits per heavy atom. The first-order valence-electron chi connectivity index (χ1n) is 14.2. The van der Waals surface area contributed by atoms with Crippen LogP contribution in [0.4, 0.5) is 0 Å². The molecule has 0 unspecified atom stereocenters. The van der Waals surface area contributed by atoms with Crippen molar-refractivity contribution in [3.8, 4) is 0 Å². The molecule has 17 heteroatoms. The van der Waals surface area contributed by atoms with E-state index in [4.69, 9.17) is 37.9 Å². The molecule has 1 aliphatic heterocycles. The molecule has 2 bridgehead atoms. The first-order valence-corrected chi connectivity index (χ1v) is 14.2. The third kappa shape index (κ3) is 5.81. The summed E-state index contributed by atoms with van der Waals surface area (Å²) in [6.45, 7) is 7.36.